The highest BCUT2D eigenvalue weighted by Crippen LogP contribution is 2.43. The van der Waals surface area contributed by atoms with E-state index in [0.717, 1.165) is 51.4 Å². The van der Waals surface area contributed by atoms with Crippen LogP contribution in [0.1, 0.15) is 194 Å². The fourth-order valence-corrected chi connectivity index (χ4v) is 6.92. The number of allylic oxidation sites excluding steroid dienone is 2. The second-order valence-corrected chi connectivity index (χ2v) is 16.6. The van der Waals surface area contributed by atoms with Gasteiger partial charge in [0.25, 0.3) is 0 Å². The second-order valence-electron chi connectivity index (χ2n) is 15.1. The van der Waals surface area contributed by atoms with E-state index in [1.54, 1.807) is 0 Å². The zero-order valence-electron chi connectivity index (χ0n) is 36.5. The number of nitrogens with one attached hydrogen (secondary N) is 1. The van der Waals surface area contributed by atoms with Crippen LogP contribution in [0.15, 0.2) is 12.2 Å². The quantitative estimate of drug-likeness (QED) is 0.0261. The number of ether oxygens (including phenoxy) is 4. The molecule has 0 heterocycles. The molecule has 0 aromatic carbocycles. The Morgan fingerprint density at radius 1 is 0.596 bits per heavy atom. The van der Waals surface area contributed by atoms with Gasteiger partial charge in [-0.2, -0.15) is 0 Å². The molecule has 13 heteroatoms. The molecule has 0 saturated heterocycles. The Morgan fingerprint density at radius 2 is 1.07 bits per heavy atom. The van der Waals surface area contributed by atoms with Crippen LogP contribution >= 0.6 is 7.82 Å². The Morgan fingerprint density at radius 3 is 1.58 bits per heavy atom. The summed E-state index contributed by atoms with van der Waals surface area (Å²) in [6.07, 6.45) is 34.5. The maximum Gasteiger partial charge on any atom is 0.472 e. The largest absolute Gasteiger partial charge is 0.472 e. The number of carbonyl (C=O) groups excluding carboxylic acids is 3. The van der Waals surface area contributed by atoms with Crippen LogP contribution in [0.5, 0.6) is 0 Å². The highest BCUT2D eigenvalue weighted by atomic mass is 31.2. The predicted octanol–water partition coefficient (Wildman–Crippen LogP) is 10.9. The van der Waals surface area contributed by atoms with E-state index in [1.165, 1.54) is 110 Å². The Hall–Kier alpha value is -1.82. The van der Waals surface area contributed by atoms with Crippen LogP contribution < -0.4 is 5.32 Å². The van der Waals surface area contributed by atoms with E-state index in [4.69, 9.17) is 28.0 Å². The lowest BCUT2D eigenvalue weighted by atomic mass is 10.0. The molecule has 0 spiro atoms. The minimum atomic E-state index is -4.56. The number of hydrogen-bond donors (Lipinski definition) is 2. The van der Waals surface area contributed by atoms with E-state index in [1.807, 2.05) is 0 Å². The summed E-state index contributed by atoms with van der Waals surface area (Å²) in [5.41, 5.74) is 0. The predicted molar refractivity (Wildman–Crippen MR) is 228 cm³/mol. The number of esters is 2. The summed E-state index contributed by atoms with van der Waals surface area (Å²) in [5, 5.41) is 2.51. The van der Waals surface area contributed by atoms with Crippen molar-refractivity contribution >= 4 is 25.7 Å². The summed E-state index contributed by atoms with van der Waals surface area (Å²) < 4.78 is 43.5. The molecule has 57 heavy (non-hydrogen) atoms. The van der Waals surface area contributed by atoms with Crippen LogP contribution in [-0.4, -0.2) is 82.1 Å². The summed E-state index contributed by atoms with van der Waals surface area (Å²) in [6, 6.07) is 0. The lowest BCUT2D eigenvalue weighted by molar-refractivity contribution is -0.161. The average Bonchev–Trinajstić information content (AvgIpc) is 3.19. The number of rotatable bonds is 44. The molecule has 12 nitrogen and oxygen atoms in total. The topological polar surface area (TPSA) is 156 Å². The number of phosphoric ester groups is 1. The van der Waals surface area contributed by atoms with E-state index in [2.05, 4.69) is 31.3 Å². The van der Waals surface area contributed by atoms with Gasteiger partial charge in [0.2, 0.25) is 5.91 Å². The van der Waals surface area contributed by atoms with Crippen molar-refractivity contribution in [3.8, 4) is 0 Å². The lowest BCUT2D eigenvalue weighted by Crippen LogP contribution is -2.31. The third-order valence-corrected chi connectivity index (χ3v) is 10.6. The molecule has 0 saturated carbocycles. The summed E-state index contributed by atoms with van der Waals surface area (Å²) in [4.78, 5) is 47.2. The van der Waals surface area contributed by atoms with Crippen LogP contribution in [0.3, 0.4) is 0 Å². The van der Waals surface area contributed by atoms with Gasteiger partial charge in [-0.3, -0.25) is 23.4 Å². The molecular weight excluding hydrogens is 749 g/mol. The van der Waals surface area contributed by atoms with E-state index in [-0.39, 0.29) is 45.8 Å². The van der Waals surface area contributed by atoms with Crippen molar-refractivity contribution in [1.82, 2.24) is 5.32 Å². The van der Waals surface area contributed by atoms with Crippen LogP contribution in [-0.2, 0) is 46.9 Å². The van der Waals surface area contributed by atoms with Crippen molar-refractivity contribution in [2.24, 2.45) is 0 Å². The van der Waals surface area contributed by atoms with Gasteiger partial charge in [0.05, 0.1) is 26.4 Å². The van der Waals surface area contributed by atoms with Crippen LogP contribution in [0.4, 0.5) is 0 Å². The molecule has 0 aliphatic heterocycles. The standard InChI is InChI=1S/C44H84NO11P/c1-4-6-8-10-12-14-16-18-19-21-22-24-26-28-30-32-43(47)53-38-41(39-55-57(49,50)54-35-34-45-42(46)40-52-37-36-51-3)56-44(48)33-31-29-27-25-23-20-17-15-13-11-9-7-5-2/h18-19,41H,4-17,20-40H2,1-3H3,(H,45,46)(H,49,50)/b19-18-. The molecule has 0 aromatic rings. The van der Waals surface area contributed by atoms with Gasteiger partial charge in [0.1, 0.15) is 13.2 Å². The molecule has 0 radical (unpaired) electrons. The van der Waals surface area contributed by atoms with Crippen molar-refractivity contribution in [2.75, 3.05) is 53.3 Å². The molecule has 0 rings (SSSR count). The smallest absolute Gasteiger partial charge is 0.462 e. The first-order valence-corrected chi connectivity index (χ1v) is 24.2. The first kappa shape index (κ1) is 55.2. The summed E-state index contributed by atoms with van der Waals surface area (Å²) in [5.74, 6) is -1.32. The zero-order chi connectivity index (χ0) is 41.9. The van der Waals surface area contributed by atoms with Gasteiger partial charge in [0, 0.05) is 26.5 Å². The third-order valence-electron chi connectivity index (χ3n) is 9.62. The number of hydrogen-bond acceptors (Lipinski definition) is 10. The Labute approximate surface area is 347 Å². The van der Waals surface area contributed by atoms with Crippen molar-refractivity contribution in [3.05, 3.63) is 12.2 Å². The molecule has 0 fully saturated rings. The molecule has 2 unspecified atom stereocenters. The normalized spacial score (nSPS) is 13.1. The first-order valence-electron chi connectivity index (χ1n) is 22.7. The van der Waals surface area contributed by atoms with Crippen LogP contribution in [0.2, 0.25) is 0 Å². The fourth-order valence-electron chi connectivity index (χ4n) is 6.17. The van der Waals surface area contributed by atoms with Crippen molar-refractivity contribution in [3.63, 3.8) is 0 Å². The van der Waals surface area contributed by atoms with E-state index >= 15 is 0 Å². The third kappa shape index (κ3) is 42.1. The molecule has 0 aliphatic rings. The fraction of sp³-hybridized carbons (Fsp3) is 0.886. The summed E-state index contributed by atoms with van der Waals surface area (Å²) in [7, 11) is -3.04. The minimum Gasteiger partial charge on any atom is -0.462 e. The molecule has 2 N–H and O–H groups in total. The van der Waals surface area contributed by atoms with Crippen molar-refractivity contribution in [1.29, 1.82) is 0 Å². The SMILES string of the molecule is CCCCCCCC/C=C\CCCCCCCC(=O)OCC(COP(=O)(O)OCCNC(=O)COCCOC)OC(=O)CCCCCCCCCCCCCCC. The van der Waals surface area contributed by atoms with Crippen molar-refractivity contribution < 1.29 is 51.8 Å². The number of unbranched alkanes of at least 4 members (excludes halogenated alkanes) is 23. The molecular formula is C44H84NO11P. The molecule has 1 amide bonds. The van der Waals surface area contributed by atoms with Gasteiger partial charge >= 0.3 is 19.8 Å². The highest BCUT2D eigenvalue weighted by Gasteiger charge is 2.26. The van der Waals surface area contributed by atoms with E-state index in [0.29, 0.717) is 19.4 Å². The highest BCUT2D eigenvalue weighted by molar-refractivity contribution is 7.47. The van der Waals surface area contributed by atoms with E-state index in [9.17, 15) is 23.8 Å². The zero-order valence-corrected chi connectivity index (χ0v) is 37.4. The second kappa shape index (κ2) is 42.3. The van der Waals surface area contributed by atoms with Crippen molar-refractivity contribution in [2.45, 2.75) is 200 Å². The van der Waals surface area contributed by atoms with Gasteiger partial charge in [-0.25, -0.2) is 4.57 Å². The Balaban J connectivity index is 4.50. The van der Waals surface area contributed by atoms with Gasteiger partial charge < -0.3 is 29.2 Å². The number of phosphoric acid groups is 1. The summed E-state index contributed by atoms with van der Waals surface area (Å²) >= 11 is 0. The Bertz CT molecular complexity index is 1010. The minimum absolute atomic E-state index is 0.0497. The number of carbonyl (C=O) groups is 3. The number of methoxy groups -OCH3 is 1. The molecule has 0 aromatic heterocycles. The van der Waals surface area contributed by atoms with Gasteiger partial charge in [-0.05, 0) is 38.5 Å². The monoisotopic (exact) mass is 834 g/mol. The van der Waals surface area contributed by atoms with E-state index < -0.39 is 38.4 Å². The number of amides is 1. The summed E-state index contributed by atoms with van der Waals surface area (Å²) in [6.45, 7) is 3.77. The van der Waals surface area contributed by atoms with Crippen LogP contribution in [0.25, 0.3) is 0 Å². The van der Waals surface area contributed by atoms with Gasteiger partial charge in [-0.15, -0.1) is 0 Å². The molecule has 2 atom stereocenters. The molecule has 336 valence electrons. The molecule has 0 aliphatic carbocycles. The first-order chi connectivity index (χ1) is 27.7. The van der Waals surface area contributed by atoms with Gasteiger partial charge in [0.15, 0.2) is 6.10 Å². The van der Waals surface area contributed by atoms with Crippen LogP contribution in [0, 0.1) is 0 Å². The maximum absolute atomic E-state index is 12.7. The van der Waals surface area contributed by atoms with Gasteiger partial charge in [-0.1, -0.05) is 154 Å². The lowest BCUT2D eigenvalue weighted by Gasteiger charge is -2.20. The maximum atomic E-state index is 12.7. The Kier molecular flexibility index (Phi) is 41.0. The molecule has 0 bridgehead atoms. The average molecular weight is 834 g/mol.